The summed E-state index contributed by atoms with van der Waals surface area (Å²) in [5.74, 6) is 3.08. The molecule has 1 fully saturated rings. The first-order chi connectivity index (χ1) is 22.2. The van der Waals surface area contributed by atoms with Gasteiger partial charge in [0.2, 0.25) is 0 Å². The summed E-state index contributed by atoms with van der Waals surface area (Å²) in [4.78, 5) is 68.4. The van der Waals surface area contributed by atoms with E-state index in [2.05, 4.69) is 39.9 Å². The molecule has 0 bridgehead atoms. The van der Waals surface area contributed by atoms with Crippen molar-refractivity contribution in [3.8, 4) is 11.8 Å². The lowest BCUT2D eigenvalue weighted by Crippen LogP contribution is -2.36. The van der Waals surface area contributed by atoms with Gasteiger partial charge in [0.15, 0.2) is 5.82 Å². The lowest BCUT2D eigenvalue weighted by Gasteiger charge is -2.33. The topological polar surface area (TPSA) is 262 Å². The zero-order chi connectivity index (χ0) is 35.9. The Morgan fingerprint density at radius 1 is 1.27 bits per heavy atom. The molecule has 0 saturated carbocycles. The van der Waals surface area contributed by atoms with Crippen LogP contribution in [0.1, 0.15) is 18.2 Å². The van der Waals surface area contributed by atoms with Crippen LogP contribution in [0.4, 0.5) is 19.0 Å². The summed E-state index contributed by atoms with van der Waals surface area (Å²) in [6.45, 7) is -1.57. The van der Waals surface area contributed by atoms with Crippen molar-refractivity contribution in [1.82, 2.24) is 24.8 Å². The fourth-order valence-electron chi connectivity index (χ4n) is 3.83. The highest BCUT2D eigenvalue weighted by Gasteiger charge is 2.40. The average molecular weight is 784 g/mol. The molecule has 1 aliphatic heterocycles. The number of phosphoric ester groups is 1. The Morgan fingerprint density at radius 2 is 1.98 bits per heavy atom. The minimum atomic E-state index is -6.14. The third kappa shape index (κ3) is 12.4. The molecule has 1 amide bonds. The molecule has 0 spiro atoms. The van der Waals surface area contributed by atoms with Crippen LogP contribution in [0, 0.1) is 11.8 Å². The van der Waals surface area contributed by atoms with Gasteiger partial charge in [-0.2, -0.15) is 13.2 Å². The molecule has 0 aliphatic carbocycles. The number of hydrogen-bond acceptors (Lipinski definition) is 17. The first-order valence-corrected chi connectivity index (χ1v) is 19.9. The fourth-order valence-corrected chi connectivity index (χ4v) is 7.51. The van der Waals surface area contributed by atoms with Crippen molar-refractivity contribution < 1.29 is 73.9 Å². The summed E-state index contributed by atoms with van der Waals surface area (Å²) in [6, 6.07) is 0. The monoisotopic (exact) mass is 783 g/mol. The van der Waals surface area contributed by atoms with Gasteiger partial charge in [-0.25, -0.2) is 23.6 Å². The van der Waals surface area contributed by atoms with E-state index in [0.717, 1.165) is 0 Å². The van der Waals surface area contributed by atoms with Crippen molar-refractivity contribution >= 4 is 74.2 Å². The third-order valence-corrected chi connectivity index (χ3v) is 10.7. The minimum Gasteiger partial charge on any atom is -0.756 e. The number of halogens is 3. The van der Waals surface area contributed by atoms with Crippen molar-refractivity contribution in [3.63, 3.8) is 0 Å². The lowest BCUT2D eigenvalue weighted by molar-refractivity contribution is -0.250. The van der Waals surface area contributed by atoms with E-state index in [4.69, 9.17) is 14.4 Å². The summed E-state index contributed by atoms with van der Waals surface area (Å²) in [5.41, 5.74) is 0.344. The van der Waals surface area contributed by atoms with Gasteiger partial charge in [-0.05, 0) is 6.26 Å². The Hall–Kier alpha value is -2.06. The number of aliphatic imine (C=N–C) groups is 1. The van der Waals surface area contributed by atoms with E-state index in [9.17, 15) is 46.3 Å². The van der Waals surface area contributed by atoms with Gasteiger partial charge in [0.1, 0.15) is 30.2 Å². The summed E-state index contributed by atoms with van der Waals surface area (Å²) >= 11 is 0. The maximum atomic E-state index is 12.6. The molecule has 0 aromatic carbocycles. The van der Waals surface area contributed by atoms with Gasteiger partial charge in [-0.3, -0.25) is 18.5 Å². The first kappa shape index (κ1) is 40.4. The standard InChI is InChI=1S/C21H28F3N6O13P3S2/c1-29(2)11-28-18-17-13(5-4-6-25-20(31)21(22,23)24)8-30(19(17)27-10-26-18)16-7-14(39-12-48-47-3)15(41-16)9-40-45(35,36)43-46(37,38)42-44(32,33)34/h8,10-11,14-16H,6-7,9,12H2,1-3H3,(H,25,31)(H,35,36)(H,37,38)(H2,32,33,34)/p-3/b28-11+/t14?,15-,16-/m1/s1. The number of rotatable bonds is 15. The van der Waals surface area contributed by atoms with Crippen molar-refractivity contribution in [2.75, 3.05) is 39.4 Å². The second-order valence-electron chi connectivity index (χ2n) is 9.33. The normalized spacial score (nSPS) is 22.1. The molecule has 268 valence electrons. The highest BCUT2D eigenvalue weighted by Crippen LogP contribution is 2.61. The van der Waals surface area contributed by atoms with Crippen LogP contribution >= 0.6 is 45.1 Å². The number of ether oxygens (including phenoxy) is 2. The molecule has 19 nitrogen and oxygen atoms in total. The zero-order valence-electron chi connectivity index (χ0n) is 24.7. The number of fused-ring (bicyclic) bond motifs is 1. The van der Waals surface area contributed by atoms with Gasteiger partial charge in [0.05, 0.1) is 36.5 Å². The molecule has 6 atom stereocenters. The molecule has 0 radical (unpaired) electrons. The van der Waals surface area contributed by atoms with Crippen LogP contribution in [0.5, 0.6) is 0 Å². The molecule has 2 aromatic heterocycles. The molecule has 4 unspecified atom stereocenters. The van der Waals surface area contributed by atoms with Crippen LogP contribution < -0.4 is 20.0 Å². The number of nitrogens with zero attached hydrogens (tertiary/aromatic N) is 5. The van der Waals surface area contributed by atoms with Crippen LogP contribution in [0.25, 0.3) is 11.0 Å². The van der Waals surface area contributed by atoms with Crippen molar-refractivity contribution in [2.45, 2.75) is 31.0 Å². The Balaban J connectivity index is 1.93. The van der Waals surface area contributed by atoms with E-state index in [1.165, 1.54) is 45.0 Å². The third-order valence-electron chi connectivity index (χ3n) is 5.56. The molecule has 2 N–H and O–H groups in total. The van der Waals surface area contributed by atoms with Gasteiger partial charge < -0.3 is 48.4 Å². The number of nitrogens with one attached hydrogen (secondary N) is 1. The van der Waals surface area contributed by atoms with Crippen molar-refractivity contribution in [3.05, 3.63) is 18.1 Å². The van der Waals surface area contributed by atoms with Gasteiger partial charge in [-0.1, -0.05) is 33.4 Å². The number of carbonyl (C=O) groups is 1. The first-order valence-electron chi connectivity index (χ1n) is 12.8. The largest absolute Gasteiger partial charge is 0.756 e. The highest BCUT2D eigenvalue weighted by molar-refractivity contribution is 8.76. The van der Waals surface area contributed by atoms with E-state index in [-0.39, 0.29) is 34.8 Å². The molecule has 48 heavy (non-hydrogen) atoms. The van der Waals surface area contributed by atoms with E-state index >= 15 is 0 Å². The van der Waals surface area contributed by atoms with E-state index in [1.807, 2.05) is 0 Å². The molecule has 3 heterocycles. The second kappa shape index (κ2) is 16.8. The molecule has 2 aromatic rings. The smallest absolute Gasteiger partial charge is 0.471 e. The highest BCUT2D eigenvalue weighted by atomic mass is 33.1. The number of carbonyl (C=O) groups excluding carboxylic acids is 1. The molecule has 1 aliphatic rings. The zero-order valence-corrected chi connectivity index (χ0v) is 29.0. The van der Waals surface area contributed by atoms with Crippen LogP contribution in [-0.4, -0.2) is 94.4 Å². The molecular formula is C21H25F3N6O13P3S2-3. The molecule has 3 rings (SSSR count). The van der Waals surface area contributed by atoms with Crippen molar-refractivity contribution in [2.24, 2.45) is 4.99 Å². The number of alkyl halides is 3. The van der Waals surface area contributed by atoms with E-state index in [1.54, 1.807) is 30.6 Å². The van der Waals surface area contributed by atoms with Crippen LogP contribution in [0.2, 0.25) is 0 Å². The maximum absolute atomic E-state index is 12.6. The number of hydrogen-bond donors (Lipinski definition) is 2. The van der Waals surface area contributed by atoms with E-state index in [0.29, 0.717) is 0 Å². The SMILES string of the molecule is CSSCOC1C[C@H](n2cc(C#CCNC(=O)C(F)(F)F)c3c(/N=C/N(C)C)ncnc32)O[C@@H]1COP(=O)([O-])OP(=O)([O-])OP(=O)([O-])O. The number of aromatic nitrogens is 3. The Morgan fingerprint density at radius 3 is 2.60 bits per heavy atom. The Bertz CT molecular complexity index is 1700. The fraction of sp³-hybridized carbons (Fsp3) is 0.524. The summed E-state index contributed by atoms with van der Waals surface area (Å²) in [7, 11) is -11.9. The van der Waals surface area contributed by atoms with Crippen molar-refractivity contribution in [1.29, 1.82) is 0 Å². The summed E-state index contributed by atoms with van der Waals surface area (Å²) < 4.78 is 96.9. The quantitative estimate of drug-likeness (QED) is 0.0481. The molecule has 27 heteroatoms. The summed E-state index contributed by atoms with van der Waals surface area (Å²) in [6.07, 6.45) is -2.45. The minimum absolute atomic E-state index is 0.0125. The molecular weight excluding hydrogens is 758 g/mol. The van der Waals surface area contributed by atoms with E-state index < -0.39 is 67.1 Å². The Kier molecular flexibility index (Phi) is 14.1. The number of amides is 1. The van der Waals surface area contributed by atoms with Gasteiger partial charge in [0, 0.05) is 26.7 Å². The summed E-state index contributed by atoms with van der Waals surface area (Å²) in [5, 5.41) is 1.87. The van der Waals surface area contributed by atoms with Gasteiger partial charge in [-0.15, -0.1) is 0 Å². The maximum Gasteiger partial charge on any atom is 0.471 e. The Labute approximate surface area is 277 Å². The number of phosphoric acid groups is 3. The van der Waals surface area contributed by atoms with Gasteiger partial charge >= 0.3 is 12.1 Å². The average Bonchev–Trinajstić information content (AvgIpc) is 3.52. The predicted octanol–water partition coefficient (Wildman–Crippen LogP) is 0.771. The lowest BCUT2D eigenvalue weighted by atomic mass is 10.2. The van der Waals surface area contributed by atoms with Crippen LogP contribution in [0.3, 0.4) is 0 Å². The second-order valence-corrected chi connectivity index (χ2v) is 16.1. The predicted molar refractivity (Wildman–Crippen MR) is 158 cm³/mol. The van der Waals surface area contributed by atoms with Crippen LogP contribution in [-0.2, 0) is 41.1 Å². The van der Waals surface area contributed by atoms with Crippen LogP contribution in [0.15, 0.2) is 17.5 Å². The van der Waals surface area contributed by atoms with Gasteiger partial charge in [0.25, 0.3) is 23.5 Å². The molecule has 1 saturated heterocycles.